The second-order valence-electron chi connectivity index (χ2n) is 5.81. The van der Waals surface area contributed by atoms with Gasteiger partial charge in [-0.1, -0.05) is 42.5 Å². The summed E-state index contributed by atoms with van der Waals surface area (Å²) in [6, 6.07) is 23.7. The minimum absolute atomic E-state index is 0.319. The Labute approximate surface area is 136 Å². The minimum atomic E-state index is 0.319. The Kier molecular flexibility index (Phi) is 3.68. The summed E-state index contributed by atoms with van der Waals surface area (Å²) in [5, 5.41) is 3.57. The Morgan fingerprint density at radius 2 is 1.65 bits per heavy atom. The lowest BCUT2D eigenvalue weighted by Gasteiger charge is -2.40. The highest BCUT2D eigenvalue weighted by molar-refractivity contribution is 5.73. The van der Waals surface area contributed by atoms with E-state index in [1.165, 1.54) is 22.5 Å². The number of pyridine rings is 1. The SMILES string of the molecule is c1ccc(C2CNc3ccccc3N2Cc2ccncc2)cc1. The van der Waals surface area contributed by atoms with Gasteiger partial charge >= 0.3 is 0 Å². The Balaban J connectivity index is 1.74. The number of para-hydroxylation sites is 2. The molecule has 3 nitrogen and oxygen atoms in total. The van der Waals surface area contributed by atoms with Crippen LogP contribution in [-0.2, 0) is 6.54 Å². The van der Waals surface area contributed by atoms with E-state index < -0.39 is 0 Å². The summed E-state index contributed by atoms with van der Waals surface area (Å²) in [5.41, 5.74) is 5.07. The highest BCUT2D eigenvalue weighted by Crippen LogP contribution is 2.38. The maximum atomic E-state index is 4.13. The molecule has 1 aliphatic heterocycles. The number of fused-ring (bicyclic) bond motifs is 1. The van der Waals surface area contributed by atoms with E-state index in [0.29, 0.717) is 6.04 Å². The van der Waals surface area contributed by atoms with Gasteiger partial charge in [-0.15, -0.1) is 0 Å². The highest BCUT2D eigenvalue weighted by atomic mass is 15.2. The third kappa shape index (κ3) is 2.78. The molecule has 114 valence electrons. The zero-order valence-corrected chi connectivity index (χ0v) is 12.9. The van der Waals surface area contributed by atoms with Gasteiger partial charge in [0.2, 0.25) is 0 Å². The predicted octanol–water partition coefficient (Wildman–Crippen LogP) is 4.26. The standard InChI is InChI=1S/C20H19N3/c1-2-6-17(7-3-1)20-14-22-18-8-4-5-9-19(18)23(20)15-16-10-12-21-13-11-16/h1-13,20,22H,14-15H2. The van der Waals surface area contributed by atoms with Crippen molar-refractivity contribution >= 4 is 11.4 Å². The van der Waals surface area contributed by atoms with Crippen molar-refractivity contribution in [1.29, 1.82) is 0 Å². The Hall–Kier alpha value is -2.81. The van der Waals surface area contributed by atoms with Gasteiger partial charge in [-0.3, -0.25) is 4.98 Å². The monoisotopic (exact) mass is 301 g/mol. The van der Waals surface area contributed by atoms with Gasteiger partial charge < -0.3 is 10.2 Å². The van der Waals surface area contributed by atoms with Crippen molar-refractivity contribution in [2.24, 2.45) is 0 Å². The van der Waals surface area contributed by atoms with Gasteiger partial charge in [0.05, 0.1) is 17.4 Å². The predicted molar refractivity (Wildman–Crippen MR) is 94.5 cm³/mol. The van der Waals surface area contributed by atoms with Gasteiger partial charge in [0.25, 0.3) is 0 Å². The van der Waals surface area contributed by atoms with Crippen LogP contribution in [0.25, 0.3) is 0 Å². The molecular formula is C20H19N3. The van der Waals surface area contributed by atoms with Crippen LogP contribution in [0.2, 0.25) is 0 Å². The summed E-state index contributed by atoms with van der Waals surface area (Å²) in [5.74, 6) is 0. The number of rotatable bonds is 3. The molecule has 1 aliphatic rings. The van der Waals surface area contributed by atoms with Gasteiger partial charge in [0, 0.05) is 25.5 Å². The molecule has 0 spiro atoms. The summed E-state index contributed by atoms with van der Waals surface area (Å²) in [4.78, 5) is 6.61. The van der Waals surface area contributed by atoms with Crippen LogP contribution in [0.4, 0.5) is 11.4 Å². The molecule has 0 fully saturated rings. The summed E-state index contributed by atoms with van der Waals surface area (Å²) >= 11 is 0. The summed E-state index contributed by atoms with van der Waals surface area (Å²) in [6.07, 6.45) is 3.72. The van der Waals surface area contributed by atoms with Gasteiger partial charge in [-0.05, 0) is 35.4 Å². The zero-order chi connectivity index (χ0) is 15.5. The maximum absolute atomic E-state index is 4.13. The van der Waals surface area contributed by atoms with Crippen LogP contribution < -0.4 is 10.2 Å². The molecule has 0 amide bonds. The lowest BCUT2D eigenvalue weighted by Crippen LogP contribution is -2.37. The van der Waals surface area contributed by atoms with Crippen LogP contribution >= 0.6 is 0 Å². The molecule has 23 heavy (non-hydrogen) atoms. The number of aromatic nitrogens is 1. The van der Waals surface area contributed by atoms with Crippen molar-refractivity contribution in [2.75, 3.05) is 16.8 Å². The number of hydrogen-bond donors (Lipinski definition) is 1. The molecule has 1 unspecified atom stereocenters. The Bertz CT molecular complexity index is 771. The topological polar surface area (TPSA) is 28.2 Å². The van der Waals surface area contributed by atoms with Crippen molar-refractivity contribution in [3.8, 4) is 0 Å². The number of nitrogens with one attached hydrogen (secondary N) is 1. The largest absolute Gasteiger partial charge is 0.381 e. The Morgan fingerprint density at radius 1 is 0.913 bits per heavy atom. The van der Waals surface area contributed by atoms with Gasteiger partial charge in [0.1, 0.15) is 0 Å². The van der Waals surface area contributed by atoms with E-state index in [1.54, 1.807) is 0 Å². The van der Waals surface area contributed by atoms with E-state index in [9.17, 15) is 0 Å². The number of nitrogens with zero attached hydrogens (tertiary/aromatic N) is 2. The Morgan fingerprint density at radius 3 is 2.48 bits per heavy atom. The van der Waals surface area contributed by atoms with Gasteiger partial charge in [-0.25, -0.2) is 0 Å². The molecular weight excluding hydrogens is 282 g/mol. The molecule has 3 aromatic rings. The van der Waals surface area contributed by atoms with Crippen LogP contribution in [0, 0.1) is 0 Å². The number of hydrogen-bond acceptors (Lipinski definition) is 3. The van der Waals surface area contributed by atoms with Gasteiger partial charge in [-0.2, -0.15) is 0 Å². The van der Waals surface area contributed by atoms with Crippen LogP contribution in [0.1, 0.15) is 17.2 Å². The first-order valence-electron chi connectivity index (χ1n) is 7.95. The number of anilines is 2. The summed E-state index contributed by atoms with van der Waals surface area (Å²) in [6.45, 7) is 1.78. The second kappa shape index (κ2) is 6.13. The fourth-order valence-electron chi connectivity index (χ4n) is 3.21. The smallest absolute Gasteiger partial charge is 0.0719 e. The van der Waals surface area contributed by atoms with Crippen molar-refractivity contribution in [3.63, 3.8) is 0 Å². The van der Waals surface area contributed by atoms with Crippen LogP contribution in [0.5, 0.6) is 0 Å². The fourth-order valence-corrected chi connectivity index (χ4v) is 3.21. The van der Waals surface area contributed by atoms with E-state index in [4.69, 9.17) is 0 Å². The van der Waals surface area contributed by atoms with E-state index in [-0.39, 0.29) is 0 Å². The first-order chi connectivity index (χ1) is 11.4. The summed E-state index contributed by atoms with van der Waals surface area (Å²) in [7, 11) is 0. The fraction of sp³-hybridized carbons (Fsp3) is 0.150. The van der Waals surface area contributed by atoms with Crippen molar-refractivity contribution < 1.29 is 0 Å². The molecule has 0 radical (unpaired) electrons. The molecule has 2 heterocycles. The molecule has 4 rings (SSSR count). The molecule has 1 N–H and O–H groups in total. The third-order valence-electron chi connectivity index (χ3n) is 4.36. The van der Waals surface area contributed by atoms with Crippen molar-refractivity contribution in [3.05, 3.63) is 90.3 Å². The summed E-state index contributed by atoms with van der Waals surface area (Å²) < 4.78 is 0. The van der Waals surface area contributed by atoms with Crippen molar-refractivity contribution in [1.82, 2.24) is 4.98 Å². The lowest BCUT2D eigenvalue weighted by molar-refractivity contribution is 0.627. The molecule has 0 saturated heterocycles. The average Bonchev–Trinajstić information content (AvgIpc) is 2.64. The number of benzene rings is 2. The van der Waals surface area contributed by atoms with Crippen molar-refractivity contribution in [2.45, 2.75) is 12.6 Å². The van der Waals surface area contributed by atoms with E-state index in [1.807, 2.05) is 12.4 Å². The molecule has 1 atom stereocenters. The maximum Gasteiger partial charge on any atom is 0.0719 e. The average molecular weight is 301 g/mol. The molecule has 3 heteroatoms. The molecule has 0 saturated carbocycles. The van der Waals surface area contributed by atoms with E-state index in [2.05, 4.69) is 81.9 Å². The zero-order valence-electron chi connectivity index (χ0n) is 12.9. The van der Waals surface area contributed by atoms with Crippen LogP contribution in [0.3, 0.4) is 0 Å². The lowest BCUT2D eigenvalue weighted by atomic mass is 10.00. The van der Waals surface area contributed by atoms with Crippen LogP contribution in [-0.4, -0.2) is 11.5 Å². The van der Waals surface area contributed by atoms with Gasteiger partial charge in [0.15, 0.2) is 0 Å². The quantitative estimate of drug-likeness (QED) is 0.783. The molecule has 2 aromatic carbocycles. The minimum Gasteiger partial charge on any atom is -0.381 e. The van der Waals surface area contributed by atoms with Crippen LogP contribution in [0.15, 0.2) is 79.1 Å². The third-order valence-corrected chi connectivity index (χ3v) is 4.36. The molecule has 0 bridgehead atoms. The highest BCUT2D eigenvalue weighted by Gasteiger charge is 2.27. The van der Waals surface area contributed by atoms with E-state index in [0.717, 1.165) is 13.1 Å². The first kappa shape index (κ1) is 13.8. The van der Waals surface area contributed by atoms with E-state index >= 15 is 0 Å². The first-order valence-corrected chi connectivity index (χ1v) is 7.95. The second-order valence-corrected chi connectivity index (χ2v) is 5.81. The molecule has 1 aromatic heterocycles. The molecule has 0 aliphatic carbocycles. The normalized spacial score (nSPS) is 16.5.